The summed E-state index contributed by atoms with van der Waals surface area (Å²) in [7, 11) is -3.36. The maximum Gasteiger partial charge on any atom is 0.240 e. The van der Waals surface area contributed by atoms with E-state index in [9.17, 15) is 8.42 Å². The van der Waals surface area contributed by atoms with Gasteiger partial charge in [0.2, 0.25) is 10.0 Å². The highest BCUT2D eigenvalue weighted by Crippen LogP contribution is 2.10. The predicted octanol–water partition coefficient (Wildman–Crippen LogP) is 2.22. The van der Waals surface area contributed by atoms with Gasteiger partial charge in [-0.15, -0.1) is 0 Å². The molecule has 20 heavy (non-hydrogen) atoms. The molecule has 0 aromatic heterocycles. The van der Waals surface area contributed by atoms with E-state index in [1.807, 2.05) is 18.4 Å². The molecule has 0 aliphatic rings. The van der Waals surface area contributed by atoms with Crippen molar-refractivity contribution in [3.8, 4) is 0 Å². The van der Waals surface area contributed by atoms with Crippen LogP contribution < -0.4 is 10.0 Å². The molecule has 0 spiro atoms. The SMILES string of the molecule is CCCNCc1ccc(S(=O)(=O)NCCCSC)cc1. The van der Waals surface area contributed by atoms with Crippen LogP contribution in [0, 0.1) is 0 Å². The van der Waals surface area contributed by atoms with E-state index in [0.29, 0.717) is 11.4 Å². The Labute approximate surface area is 126 Å². The molecule has 0 saturated carbocycles. The van der Waals surface area contributed by atoms with Crippen molar-refractivity contribution in [2.45, 2.75) is 31.2 Å². The maximum atomic E-state index is 12.0. The van der Waals surface area contributed by atoms with Crippen LogP contribution in [0.25, 0.3) is 0 Å². The lowest BCUT2D eigenvalue weighted by Crippen LogP contribution is -2.25. The van der Waals surface area contributed by atoms with Gasteiger partial charge in [0.1, 0.15) is 0 Å². The van der Waals surface area contributed by atoms with Gasteiger partial charge >= 0.3 is 0 Å². The molecule has 0 saturated heterocycles. The molecule has 0 unspecified atom stereocenters. The molecule has 0 aliphatic heterocycles. The van der Waals surface area contributed by atoms with Gasteiger partial charge in [-0.2, -0.15) is 11.8 Å². The molecule has 6 heteroatoms. The Kier molecular flexibility index (Phi) is 8.21. The van der Waals surface area contributed by atoms with E-state index in [1.54, 1.807) is 23.9 Å². The third-order valence-electron chi connectivity index (χ3n) is 2.81. The number of thioether (sulfide) groups is 1. The zero-order valence-electron chi connectivity index (χ0n) is 12.2. The average molecular weight is 316 g/mol. The second-order valence-corrected chi connectivity index (χ2v) is 7.32. The fraction of sp³-hybridized carbons (Fsp3) is 0.571. The lowest BCUT2D eigenvalue weighted by atomic mass is 10.2. The normalized spacial score (nSPS) is 11.7. The van der Waals surface area contributed by atoms with Gasteiger partial charge in [-0.3, -0.25) is 0 Å². The van der Waals surface area contributed by atoms with E-state index in [1.165, 1.54) is 0 Å². The number of hydrogen-bond donors (Lipinski definition) is 2. The van der Waals surface area contributed by atoms with Gasteiger partial charge in [0.05, 0.1) is 4.90 Å². The number of hydrogen-bond acceptors (Lipinski definition) is 4. The summed E-state index contributed by atoms with van der Waals surface area (Å²) in [6, 6.07) is 7.05. The fourth-order valence-electron chi connectivity index (χ4n) is 1.70. The van der Waals surface area contributed by atoms with Crippen molar-refractivity contribution in [2.24, 2.45) is 0 Å². The topological polar surface area (TPSA) is 58.2 Å². The molecule has 0 heterocycles. The zero-order valence-corrected chi connectivity index (χ0v) is 13.8. The summed E-state index contributed by atoms with van der Waals surface area (Å²) in [5.74, 6) is 0.963. The van der Waals surface area contributed by atoms with E-state index in [2.05, 4.69) is 17.0 Å². The van der Waals surface area contributed by atoms with Crippen LogP contribution in [-0.4, -0.2) is 33.5 Å². The summed E-state index contributed by atoms with van der Waals surface area (Å²) in [6.45, 7) is 4.35. The standard InChI is InChI=1S/C14H24N2O2S2/c1-3-9-15-12-13-5-7-14(8-6-13)20(17,18)16-10-4-11-19-2/h5-8,15-16H,3-4,9-12H2,1-2H3. The molecule has 4 nitrogen and oxygen atoms in total. The third kappa shape index (κ3) is 6.26. The number of sulfonamides is 1. The van der Waals surface area contributed by atoms with Crippen molar-refractivity contribution < 1.29 is 8.42 Å². The Balaban J connectivity index is 2.53. The van der Waals surface area contributed by atoms with E-state index in [4.69, 9.17) is 0 Å². The Hall–Kier alpha value is -0.560. The summed E-state index contributed by atoms with van der Waals surface area (Å²) in [5, 5.41) is 3.29. The lowest BCUT2D eigenvalue weighted by molar-refractivity contribution is 0.581. The highest BCUT2D eigenvalue weighted by molar-refractivity contribution is 7.98. The second kappa shape index (κ2) is 9.39. The Bertz CT molecular complexity index is 472. The summed E-state index contributed by atoms with van der Waals surface area (Å²) < 4.78 is 26.7. The molecule has 1 rings (SSSR count). The first kappa shape index (κ1) is 17.5. The monoisotopic (exact) mass is 316 g/mol. The van der Waals surface area contributed by atoms with Gasteiger partial charge in [0.25, 0.3) is 0 Å². The molecule has 0 radical (unpaired) electrons. The molecule has 0 atom stereocenters. The summed E-state index contributed by atoms with van der Waals surface area (Å²) >= 11 is 1.72. The Morgan fingerprint density at radius 1 is 1.15 bits per heavy atom. The maximum absolute atomic E-state index is 12.0. The minimum absolute atomic E-state index is 0.334. The van der Waals surface area contributed by atoms with Crippen LogP contribution in [-0.2, 0) is 16.6 Å². The lowest BCUT2D eigenvalue weighted by Gasteiger charge is -2.08. The highest BCUT2D eigenvalue weighted by atomic mass is 32.2. The Morgan fingerprint density at radius 2 is 1.85 bits per heavy atom. The van der Waals surface area contributed by atoms with Crippen molar-refractivity contribution in [1.82, 2.24) is 10.0 Å². The van der Waals surface area contributed by atoms with Gasteiger partial charge in [0.15, 0.2) is 0 Å². The van der Waals surface area contributed by atoms with Crippen LogP contribution in [0.15, 0.2) is 29.2 Å². The van der Waals surface area contributed by atoms with Crippen LogP contribution in [0.1, 0.15) is 25.3 Å². The first-order chi connectivity index (χ1) is 9.60. The van der Waals surface area contributed by atoms with E-state index < -0.39 is 10.0 Å². The van der Waals surface area contributed by atoms with Crippen LogP contribution in [0.2, 0.25) is 0 Å². The number of nitrogens with one attached hydrogen (secondary N) is 2. The average Bonchev–Trinajstić information content (AvgIpc) is 2.45. The molecule has 0 aliphatic carbocycles. The first-order valence-electron chi connectivity index (χ1n) is 6.88. The first-order valence-corrected chi connectivity index (χ1v) is 9.76. The van der Waals surface area contributed by atoms with E-state index in [-0.39, 0.29) is 0 Å². The van der Waals surface area contributed by atoms with E-state index >= 15 is 0 Å². The van der Waals surface area contributed by atoms with Gasteiger partial charge in [-0.25, -0.2) is 13.1 Å². The van der Waals surface area contributed by atoms with Crippen molar-refractivity contribution in [3.05, 3.63) is 29.8 Å². The number of benzene rings is 1. The Morgan fingerprint density at radius 3 is 2.45 bits per heavy atom. The van der Waals surface area contributed by atoms with Crippen molar-refractivity contribution >= 4 is 21.8 Å². The minimum atomic E-state index is -3.36. The van der Waals surface area contributed by atoms with Gasteiger partial charge in [0, 0.05) is 13.1 Å². The van der Waals surface area contributed by atoms with Gasteiger partial charge in [-0.05, 0) is 49.1 Å². The minimum Gasteiger partial charge on any atom is -0.313 e. The molecule has 2 N–H and O–H groups in total. The highest BCUT2D eigenvalue weighted by Gasteiger charge is 2.12. The quantitative estimate of drug-likeness (QED) is 0.650. The molecule has 0 fully saturated rings. The zero-order chi connectivity index (χ0) is 14.8. The molecular weight excluding hydrogens is 292 g/mol. The van der Waals surface area contributed by atoms with Gasteiger partial charge < -0.3 is 5.32 Å². The van der Waals surface area contributed by atoms with Crippen LogP contribution >= 0.6 is 11.8 Å². The summed E-state index contributed by atoms with van der Waals surface area (Å²) in [5.41, 5.74) is 1.10. The van der Waals surface area contributed by atoms with Crippen molar-refractivity contribution in [3.63, 3.8) is 0 Å². The predicted molar refractivity (Wildman–Crippen MR) is 86.6 cm³/mol. The third-order valence-corrected chi connectivity index (χ3v) is 4.98. The smallest absolute Gasteiger partial charge is 0.240 e. The van der Waals surface area contributed by atoms with Gasteiger partial charge in [-0.1, -0.05) is 19.1 Å². The van der Waals surface area contributed by atoms with Crippen molar-refractivity contribution in [1.29, 1.82) is 0 Å². The van der Waals surface area contributed by atoms with Crippen molar-refractivity contribution in [2.75, 3.05) is 25.1 Å². The molecule has 114 valence electrons. The molecule has 1 aromatic carbocycles. The molecule has 0 amide bonds. The molecule has 0 bridgehead atoms. The van der Waals surface area contributed by atoms with Crippen LogP contribution in [0.5, 0.6) is 0 Å². The summed E-state index contributed by atoms with van der Waals surface area (Å²) in [4.78, 5) is 0.334. The second-order valence-electron chi connectivity index (χ2n) is 4.56. The van der Waals surface area contributed by atoms with E-state index in [0.717, 1.165) is 37.2 Å². The molecular formula is C14H24N2O2S2. The largest absolute Gasteiger partial charge is 0.313 e. The summed E-state index contributed by atoms with van der Waals surface area (Å²) in [6.07, 6.45) is 3.95. The molecule has 1 aromatic rings. The van der Waals surface area contributed by atoms with Crippen LogP contribution in [0.3, 0.4) is 0 Å². The number of rotatable bonds is 10. The fourth-order valence-corrected chi connectivity index (χ4v) is 3.21. The van der Waals surface area contributed by atoms with Crippen LogP contribution in [0.4, 0.5) is 0 Å².